The second-order valence-corrected chi connectivity index (χ2v) is 5.17. The molecule has 5 nitrogen and oxygen atoms in total. The molecule has 0 aliphatic carbocycles. The van der Waals surface area contributed by atoms with Crippen LogP contribution in [0.5, 0.6) is 0 Å². The fourth-order valence-corrected chi connectivity index (χ4v) is 2.08. The monoisotopic (exact) mass is 333 g/mol. The van der Waals surface area contributed by atoms with Crippen LogP contribution in [0.15, 0.2) is 42.6 Å². The van der Waals surface area contributed by atoms with Gasteiger partial charge in [0.05, 0.1) is 17.3 Å². The lowest BCUT2D eigenvalue weighted by Crippen LogP contribution is -2.32. The van der Waals surface area contributed by atoms with Gasteiger partial charge in [-0.1, -0.05) is 6.07 Å². The number of hydrogen-bond acceptors (Lipinski definition) is 3. The molecule has 0 fully saturated rings. The number of rotatable bonds is 6. The normalized spacial score (nSPS) is 11.6. The van der Waals surface area contributed by atoms with E-state index in [2.05, 4.69) is 15.6 Å². The minimum absolute atomic E-state index is 0.0335. The summed E-state index contributed by atoms with van der Waals surface area (Å²) in [4.78, 5) is 27.8. The van der Waals surface area contributed by atoms with Gasteiger partial charge in [-0.15, -0.1) is 0 Å². The molecular weight excluding hydrogens is 316 g/mol. The SMILES string of the molecule is CC(NC(=O)CCNC(=O)c1ccc(F)cc1F)c1ccccn1. The highest BCUT2D eigenvalue weighted by Gasteiger charge is 2.14. The highest BCUT2D eigenvalue weighted by atomic mass is 19.1. The van der Waals surface area contributed by atoms with Crippen LogP contribution < -0.4 is 10.6 Å². The minimum Gasteiger partial charge on any atom is -0.351 e. The fraction of sp³-hybridized carbons (Fsp3) is 0.235. The van der Waals surface area contributed by atoms with Gasteiger partial charge in [-0.2, -0.15) is 0 Å². The van der Waals surface area contributed by atoms with Gasteiger partial charge in [0.2, 0.25) is 5.91 Å². The van der Waals surface area contributed by atoms with Crippen LogP contribution in [0.1, 0.15) is 35.4 Å². The second-order valence-electron chi connectivity index (χ2n) is 5.17. The molecule has 1 atom stereocenters. The van der Waals surface area contributed by atoms with Crippen molar-refractivity contribution >= 4 is 11.8 Å². The molecule has 0 radical (unpaired) electrons. The molecule has 0 saturated heterocycles. The third kappa shape index (κ3) is 4.84. The molecule has 24 heavy (non-hydrogen) atoms. The standard InChI is InChI=1S/C17H17F2N3O2/c1-11(15-4-2-3-8-20-15)22-16(23)7-9-21-17(24)13-6-5-12(18)10-14(13)19/h2-6,8,10-11H,7,9H2,1H3,(H,21,24)(H,22,23). The number of carbonyl (C=O) groups is 2. The van der Waals surface area contributed by atoms with Gasteiger partial charge in [0.1, 0.15) is 11.6 Å². The highest BCUT2D eigenvalue weighted by molar-refractivity contribution is 5.94. The maximum Gasteiger partial charge on any atom is 0.254 e. The lowest BCUT2D eigenvalue weighted by Gasteiger charge is -2.13. The molecule has 0 aliphatic heterocycles. The van der Waals surface area contributed by atoms with Crippen LogP contribution in [0.3, 0.4) is 0 Å². The van der Waals surface area contributed by atoms with Crippen molar-refractivity contribution < 1.29 is 18.4 Å². The van der Waals surface area contributed by atoms with Gasteiger partial charge in [0.25, 0.3) is 5.91 Å². The first-order chi connectivity index (χ1) is 11.5. The van der Waals surface area contributed by atoms with Crippen LogP contribution in [-0.4, -0.2) is 23.3 Å². The molecule has 1 unspecified atom stereocenters. The third-order valence-corrected chi connectivity index (χ3v) is 3.32. The summed E-state index contributed by atoms with van der Waals surface area (Å²) in [5.74, 6) is -2.67. The van der Waals surface area contributed by atoms with Gasteiger partial charge in [-0.25, -0.2) is 8.78 Å². The molecule has 0 saturated carbocycles. The molecule has 2 rings (SSSR count). The minimum atomic E-state index is -0.944. The number of nitrogens with zero attached hydrogens (tertiary/aromatic N) is 1. The molecule has 0 bridgehead atoms. The van der Waals surface area contributed by atoms with E-state index in [1.807, 2.05) is 6.07 Å². The number of hydrogen-bond donors (Lipinski definition) is 2. The molecular formula is C17H17F2N3O2. The Balaban J connectivity index is 1.79. The fourth-order valence-electron chi connectivity index (χ4n) is 2.08. The van der Waals surface area contributed by atoms with Gasteiger partial charge in [-0.3, -0.25) is 14.6 Å². The summed E-state index contributed by atoms with van der Waals surface area (Å²) in [6, 6.07) is 7.83. The molecule has 2 amide bonds. The molecule has 7 heteroatoms. The quantitative estimate of drug-likeness (QED) is 0.852. The zero-order valence-corrected chi connectivity index (χ0v) is 13.1. The van der Waals surface area contributed by atoms with Crippen LogP contribution in [0.25, 0.3) is 0 Å². The van der Waals surface area contributed by atoms with Crippen molar-refractivity contribution in [1.29, 1.82) is 0 Å². The number of nitrogens with one attached hydrogen (secondary N) is 2. The number of benzene rings is 1. The maximum atomic E-state index is 13.5. The molecule has 0 aliphatic rings. The van der Waals surface area contributed by atoms with E-state index in [9.17, 15) is 18.4 Å². The number of halogens is 2. The predicted molar refractivity (Wildman–Crippen MR) is 84.1 cm³/mol. The summed E-state index contributed by atoms with van der Waals surface area (Å²) in [7, 11) is 0. The van der Waals surface area contributed by atoms with E-state index in [0.717, 1.165) is 17.8 Å². The predicted octanol–water partition coefficient (Wildman–Crippen LogP) is 2.36. The first-order valence-electron chi connectivity index (χ1n) is 7.41. The van der Waals surface area contributed by atoms with Crippen LogP contribution in [0.4, 0.5) is 8.78 Å². The van der Waals surface area contributed by atoms with Crippen LogP contribution in [0, 0.1) is 11.6 Å². The van der Waals surface area contributed by atoms with E-state index in [-0.39, 0.29) is 30.5 Å². The molecule has 1 aromatic carbocycles. The van der Waals surface area contributed by atoms with Gasteiger partial charge in [-0.05, 0) is 31.2 Å². The summed E-state index contributed by atoms with van der Waals surface area (Å²) in [5.41, 5.74) is 0.460. The van der Waals surface area contributed by atoms with E-state index >= 15 is 0 Å². The molecule has 126 valence electrons. The average molecular weight is 333 g/mol. The van der Waals surface area contributed by atoms with Crippen molar-refractivity contribution in [3.8, 4) is 0 Å². The zero-order chi connectivity index (χ0) is 17.5. The number of aromatic nitrogens is 1. The molecule has 0 spiro atoms. The third-order valence-electron chi connectivity index (χ3n) is 3.32. The smallest absolute Gasteiger partial charge is 0.254 e. The Morgan fingerprint density at radius 1 is 1.21 bits per heavy atom. The Bertz CT molecular complexity index is 723. The Morgan fingerprint density at radius 2 is 2.00 bits per heavy atom. The van der Waals surface area contributed by atoms with E-state index in [4.69, 9.17) is 0 Å². The van der Waals surface area contributed by atoms with Crippen molar-refractivity contribution in [2.75, 3.05) is 6.54 Å². The number of pyridine rings is 1. The van der Waals surface area contributed by atoms with Gasteiger partial charge < -0.3 is 10.6 Å². The largest absolute Gasteiger partial charge is 0.351 e. The van der Waals surface area contributed by atoms with Crippen molar-refractivity contribution in [2.24, 2.45) is 0 Å². The zero-order valence-electron chi connectivity index (χ0n) is 13.1. The molecule has 2 N–H and O–H groups in total. The molecule has 1 heterocycles. The first-order valence-corrected chi connectivity index (χ1v) is 7.41. The average Bonchev–Trinajstić information content (AvgIpc) is 2.55. The van der Waals surface area contributed by atoms with Gasteiger partial charge in [0, 0.05) is 25.2 Å². The van der Waals surface area contributed by atoms with Crippen molar-refractivity contribution in [3.63, 3.8) is 0 Å². The van der Waals surface area contributed by atoms with Crippen LogP contribution in [-0.2, 0) is 4.79 Å². The topological polar surface area (TPSA) is 71.1 Å². The van der Waals surface area contributed by atoms with Crippen molar-refractivity contribution in [3.05, 3.63) is 65.5 Å². The lowest BCUT2D eigenvalue weighted by atomic mass is 10.2. The summed E-state index contributed by atoms with van der Waals surface area (Å²) in [6.45, 7) is 1.84. The lowest BCUT2D eigenvalue weighted by molar-refractivity contribution is -0.121. The first kappa shape index (κ1) is 17.5. The van der Waals surface area contributed by atoms with Gasteiger partial charge in [0.15, 0.2) is 0 Å². The van der Waals surface area contributed by atoms with Crippen molar-refractivity contribution in [2.45, 2.75) is 19.4 Å². The second kappa shape index (κ2) is 8.14. The van der Waals surface area contributed by atoms with Crippen molar-refractivity contribution in [1.82, 2.24) is 15.6 Å². The number of carbonyl (C=O) groups excluding carboxylic acids is 2. The highest BCUT2D eigenvalue weighted by Crippen LogP contribution is 2.10. The Morgan fingerprint density at radius 3 is 2.67 bits per heavy atom. The van der Waals surface area contributed by atoms with E-state index in [1.165, 1.54) is 0 Å². The Hall–Kier alpha value is -2.83. The number of amides is 2. The van der Waals surface area contributed by atoms with Crippen LogP contribution >= 0.6 is 0 Å². The molecule has 2 aromatic rings. The van der Waals surface area contributed by atoms with E-state index in [0.29, 0.717) is 6.07 Å². The van der Waals surface area contributed by atoms with E-state index < -0.39 is 17.5 Å². The Kier molecular flexibility index (Phi) is 5.95. The molecule has 1 aromatic heterocycles. The summed E-state index contributed by atoms with van der Waals surface area (Å²) in [5, 5.41) is 5.18. The van der Waals surface area contributed by atoms with Gasteiger partial charge >= 0.3 is 0 Å². The summed E-state index contributed by atoms with van der Waals surface area (Å²) >= 11 is 0. The summed E-state index contributed by atoms with van der Waals surface area (Å²) < 4.78 is 26.3. The van der Waals surface area contributed by atoms with Crippen LogP contribution in [0.2, 0.25) is 0 Å². The maximum absolute atomic E-state index is 13.5. The summed E-state index contributed by atoms with van der Waals surface area (Å²) in [6.07, 6.45) is 1.67. The Labute approximate surface area is 138 Å². The van der Waals surface area contributed by atoms with E-state index in [1.54, 1.807) is 25.3 Å².